The van der Waals surface area contributed by atoms with Gasteiger partial charge >= 0.3 is 0 Å². The Hall–Kier alpha value is -4.22. The lowest BCUT2D eigenvalue weighted by Gasteiger charge is -2.14. The van der Waals surface area contributed by atoms with Crippen LogP contribution in [0.2, 0.25) is 0 Å². The van der Waals surface area contributed by atoms with Crippen LogP contribution >= 0.6 is 33.9 Å². The average molecular weight is 689 g/mol. The second kappa shape index (κ2) is 14.1. The monoisotopic (exact) mass is 688 g/mol. The first-order valence-electron chi connectivity index (χ1n) is 13.3. The molecule has 1 aromatic heterocycles. The van der Waals surface area contributed by atoms with E-state index in [1.165, 1.54) is 16.9 Å². The quantitative estimate of drug-likeness (QED) is 0.0831. The van der Waals surface area contributed by atoms with Gasteiger partial charge in [-0.2, -0.15) is 5.10 Å². The first-order chi connectivity index (χ1) is 20.5. The zero-order chi connectivity index (χ0) is 29.3. The SMILES string of the molecule is CCOc1cc(/C=N\NC(=O)c2ccc(-c3csc(Nc4ccc(C)cc4)n3)cc2)cc(I)c1OCc1ccccc1. The van der Waals surface area contributed by atoms with Crippen LogP contribution in [-0.4, -0.2) is 23.7 Å². The van der Waals surface area contributed by atoms with E-state index in [9.17, 15) is 4.79 Å². The highest BCUT2D eigenvalue weighted by Gasteiger charge is 2.13. The highest BCUT2D eigenvalue weighted by Crippen LogP contribution is 2.34. The van der Waals surface area contributed by atoms with Gasteiger partial charge in [0.2, 0.25) is 0 Å². The van der Waals surface area contributed by atoms with E-state index >= 15 is 0 Å². The summed E-state index contributed by atoms with van der Waals surface area (Å²) in [6.45, 7) is 4.92. The van der Waals surface area contributed by atoms with E-state index < -0.39 is 0 Å². The Labute approximate surface area is 262 Å². The third-order valence-corrected chi connectivity index (χ3v) is 7.75. The van der Waals surface area contributed by atoms with Gasteiger partial charge in [0, 0.05) is 22.2 Å². The number of benzene rings is 4. The van der Waals surface area contributed by atoms with Crippen LogP contribution in [0, 0.1) is 10.5 Å². The standard InChI is InChI=1S/C33H29IN4O3S/c1-3-40-30-18-24(17-28(34)31(30)41-20-23-7-5-4-6-8-23)19-35-38-32(39)26-13-11-25(12-14-26)29-21-42-33(37-29)36-27-15-9-22(2)10-16-27/h4-19,21H,3,20H2,1-2H3,(H,36,37)(H,38,39)/b35-19-. The largest absolute Gasteiger partial charge is 0.490 e. The topological polar surface area (TPSA) is 84.8 Å². The maximum absolute atomic E-state index is 12.7. The van der Waals surface area contributed by atoms with Crippen molar-refractivity contribution < 1.29 is 14.3 Å². The molecular weight excluding hydrogens is 659 g/mol. The summed E-state index contributed by atoms with van der Waals surface area (Å²) in [7, 11) is 0. The van der Waals surface area contributed by atoms with Gasteiger partial charge in [-0.1, -0.05) is 60.2 Å². The number of thiazole rings is 1. The fourth-order valence-corrected chi connectivity index (χ4v) is 5.56. The maximum Gasteiger partial charge on any atom is 0.271 e. The number of rotatable bonds is 11. The molecule has 212 valence electrons. The number of aryl methyl sites for hydroxylation is 1. The molecule has 2 N–H and O–H groups in total. The maximum atomic E-state index is 12.7. The van der Waals surface area contributed by atoms with Crippen molar-refractivity contribution in [2.45, 2.75) is 20.5 Å². The Morgan fingerprint density at radius 3 is 2.50 bits per heavy atom. The molecule has 0 atom stereocenters. The van der Waals surface area contributed by atoms with E-state index in [0.29, 0.717) is 30.3 Å². The van der Waals surface area contributed by atoms with Gasteiger partial charge in [0.05, 0.1) is 22.1 Å². The molecule has 0 aliphatic heterocycles. The molecule has 0 unspecified atom stereocenters. The zero-order valence-corrected chi connectivity index (χ0v) is 26.1. The Bertz CT molecular complexity index is 1670. The van der Waals surface area contributed by atoms with Gasteiger partial charge in [-0.15, -0.1) is 11.3 Å². The number of amides is 1. The van der Waals surface area contributed by atoms with E-state index in [1.54, 1.807) is 18.3 Å². The summed E-state index contributed by atoms with van der Waals surface area (Å²) in [6.07, 6.45) is 1.59. The number of aromatic nitrogens is 1. The van der Waals surface area contributed by atoms with Gasteiger partial charge in [0.15, 0.2) is 16.6 Å². The molecule has 0 spiro atoms. The molecule has 5 aromatic rings. The number of carbonyl (C=O) groups excluding carboxylic acids is 1. The van der Waals surface area contributed by atoms with E-state index in [2.05, 4.69) is 62.5 Å². The lowest BCUT2D eigenvalue weighted by atomic mass is 10.1. The summed E-state index contributed by atoms with van der Waals surface area (Å²) < 4.78 is 12.8. The molecule has 9 heteroatoms. The van der Waals surface area contributed by atoms with Crippen LogP contribution in [0.1, 0.15) is 34.0 Å². The van der Waals surface area contributed by atoms with Crippen molar-refractivity contribution in [2.24, 2.45) is 5.10 Å². The summed E-state index contributed by atoms with van der Waals surface area (Å²) in [5, 5.41) is 10.3. The molecule has 0 bridgehead atoms. The van der Waals surface area contributed by atoms with Gasteiger partial charge in [-0.05, 0) is 84.0 Å². The molecule has 0 radical (unpaired) electrons. The lowest BCUT2D eigenvalue weighted by Crippen LogP contribution is -2.17. The van der Waals surface area contributed by atoms with Crippen LogP contribution in [-0.2, 0) is 6.61 Å². The van der Waals surface area contributed by atoms with E-state index in [1.807, 2.05) is 79.0 Å². The second-order valence-corrected chi connectivity index (χ2v) is 11.4. The molecule has 0 fully saturated rings. The first kappa shape index (κ1) is 29.3. The Balaban J connectivity index is 1.19. The molecule has 7 nitrogen and oxygen atoms in total. The number of ether oxygens (including phenoxy) is 2. The number of hydrogen-bond acceptors (Lipinski definition) is 7. The second-order valence-electron chi connectivity index (χ2n) is 9.34. The third kappa shape index (κ3) is 7.74. The number of halogens is 1. The Morgan fingerprint density at radius 2 is 1.76 bits per heavy atom. The van der Waals surface area contributed by atoms with Crippen LogP contribution in [0.5, 0.6) is 11.5 Å². The summed E-state index contributed by atoms with van der Waals surface area (Å²) in [6, 6.07) is 29.2. The molecule has 1 heterocycles. The van der Waals surface area contributed by atoms with Crippen molar-refractivity contribution in [3.05, 3.63) is 122 Å². The third-order valence-electron chi connectivity index (χ3n) is 6.19. The van der Waals surface area contributed by atoms with E-state index in [0.717, 1.165) is 36.8 Å². The fraction of sp³-hybridized carbons (Fsp3) is 0.121. The Kier molecular flexibility index (Phi) is 9.83. The van der Waals surface area contributed by atoms with Gasteiger partial charge in [-0.25, -0.2) is 10.4 Å². The average Bonchev–Trinajstić information content (AvgIpc) is 3.47. The first-order valence-corrected chi connectivity index (χ1v) is 15.3. The predicted molar refractivity (Wildman–Crippen MR) is 178 cm³/mol. The van der Waals surface area contributed by atoms with Crippen LogP contribution in [0.15, 0.2) is 101 Å². The van der Waals surface area contributed by atoms with Crippen molar-refractivity contribution in [3.8, 4) is 22.8 Å². The number of nitrogens with one attached hydrogen (secondary N) is 2. The fourth-order valence-electron chi connectivity index (χ4n) is 4.04. The molecule has 0 aliphatic rings. The number of hydrogen-bond donors (Lipinski definition) is 2. The van der Waals surface area contributed by atoms with E-state index in [-0.39, 0.29) is 5.91 Å². The molecule has 1 amide bonds. The number of carbonyl (C=O) groups is 1. The number of nitrogens with zero attached hydrogens (tertiary/aromatic N) is 2. The summed E-state index contributed by atoms with van der Waals surface area (Å²) in [4.78, 5) is 17.4. The van der Waals surface area contributed by atoms with Crippen LogP contribution in [0.4, 0.5) is 10.8 Å². The summed E-state index contributed by atoms with van der Waals surface area (Å²) >= 11 is 3.75. The zero-order valence-electron chi connectivity index (χ0n) is 23.1. The van der Waals surface area contributed by atoms with Crippen molar-refractivity contribution >= 4 is 56.9 Å². The van der Waals surface area contributed by atoms with Crippen molar-refractivity contribution in [3.63, 3.8) is 0 Å². The summed E-state index contributed by atoms with van der Waals surface area (Å²) in [5.74, 6) is 1.00. The van der Waals surface area contributed by atoms with Crippen molar-refractivity contribution in [1.82, 2.24) is 10.4 Å². The predicted octanol–water partition coefficient (Wildman–Crippen LogP) is 8.21. The minimum absolute atomic E-state index is 0.305. The van der Waals surface area contributed by atoms with E-state index in [4.69, 9.17) is 9.47 Å². The molecule has 0 aliphatic carbocycles. The molecule has 42 heavy (non-hydrogen) atoms. The van der Waals surface area contributed by atoms with Gasteiger partial charge in [0.1, 0.15) is 6.61 Å². The van der Waals surface area contributed by atoms with Crippen molar-refractivity contribution in [2.75, 3.05) is 11.9 Å². The molecule has 0 saturated carbocycles. The van der Waals surface area contributed by atoms with Crippen LogP contribution in [0.3, 0.4) is 0 Å². The summed E-state index contributed by atoms with van der Waals surface area (Å²) in [5.41, 5.74) is 8.93. The highest BCUT2D eigenvalue weighted by atomic mass is 127. The lowest BCUT2D eigenvalue weighted by molar-refractivity contribution is 0.0955. The molecule has 0 saturated heterocycles. The van der Waals surface area contributed by atoms with Crippen molar-refractivity contribution in [1.29, 1.82) is 0 Å². The highest BCUT2D eigenvalue weighted by molar-refractivity contribution is 14.1. The smallest absolute Gasteiger partial charge is 0.271 e. The number of anilines is 2. The minimum Gasteiger partial charge on any atom is -0.490 e. The molecular formula is C33H29IN4O3S. The Morgan fingerprint density at radius 1 is 1.00 bits per heavy atom. The van der Waals surface area contributed by atoms with Gasteiger partial charge in [0.25, 0.3) is 5.91 Å². The normalized spacial score (nSPS) is 10.9. The number of hydrazone groups is 1. The minimum atomic E-state index is -0.305. The van der Waals surface area contributed by atoms with Crippen LogP contribution in [0.25, 0.3) is 11.3 Å². The van der Waals surface area contributed by atoms with Crippen LogP contribution < -0.4 is 20.2 Å². The van der Waals surface area contributed by atoms with Gasteiger partial charge in [-0.3, -0.25) is 4.79 Å². The van der Waals surface area contributed by atoms with Gasteiger partial charge < -0.3 is 14.8 Å². The molecule has 5 rings (SSSR count). The molecule has 4 aromatic carbocycles.